The highest BCUT2D eigenvalue weighted by molar-refractivity contribution is 5.04. The lowest BCUT2D eigenvalue weighted by Gasteiger charge is -2.05. The van der Waals surface area contributed by atoms with Crippen LogP contribution in [0.25, 0.3) is 0 Å². The Morgan fingerprint density at radius 1 is 1.32 bits per heavy atom. The minimum absolute atomic E-state index is 0.453. The Bertz CT molecular complexity index is 528. The maximum Gasteiger partial charge on any atom is 0.408 e. The third kappa shape index (κ3) is 4.40. The van der Waals surface area contributed by atoms with E-state index < -0.39 is 12.7 Å². The Hall–Kier alpha value is -1.83. The van der Waals surface area contributed by atoms with Crippen molar-refractivity contribution in [2.45, 2.75) is 25.8 Å². The first-order chi connectivity index (χ1) is 8.92. The summed E-state index contributed by atoms with van der Waals surface area (Å²) >= 11 is 0. The quantitative estimate of drug-likeness (QED) is 0.897. The predicted octanol–water partition coefficient (Wildman–Crippen LogP) is 1.47. The number of aromatic nitrogens is 4. The number of alkyl halides is 3. The molecule has 8 heteroatoms. The van der Waals surface area contributed by atoms with Crippen molar-refractivity contribution in [2.75, 3.05) is 0 Å². The number of aryl methyl sites for hydroxylation is 1. The van der Waals surface area contributed by atoms with Crippen LogP contribution < -0.4 is 5.32 Å². The minimum Gasteiger partial charge on any atom is -0.307 e. The Morgan fingerprint density at radius 3 is 2.74 bits per heavy atom. The largest absolute Gasteiger partial charge is 0.408 e. The maximum absolute atomic E-state index is 12.1. The number of halogens is 3. The lowest BCUT2D eigenvalue weighted by molar-refractivity contribution is -0.142. The predicted molar refractivity (Wildman–Crippen MR) is 62.0 cm³/mol. The molecule has 0 aliphatic carbocycles. The molecule has 19 heavy (non-hydrogen) atoms. The Labute approximate surface area is 108 Å². The van der Waals surface area contributed by atoms with Gasteiger partial charge in [0.25, 0.3) is 0 Å². The molecular formula is C11H14F3N5. The van der Waals surface area contributed by atoms with Crippen LogP contribution in [0.5, 0.6) is 0 Å². The van der Waals surface area contributed by atoms with Crippen molar-refractivity contribution in [2.24, 2.45) is 7.05 Å². The topological polar surface area (TPSA) is 47.7 Å². The molecule has 0 unspecified atom stereocenters. The summed E-state index contributed by atoms with van der Waals surface area (Å²) in [6.07, 6.45) is 0.402. The normalized spacial score (nSPS) is 12.0. The van der Waals surface area contributed by atoms with Gasteiger partial charge in [0.1, 0.15) is 6.54 Å². The van der Waals surface area contributed by atoms with Gasteiger partial charge in [0, 0.05) is 38.1 Å². The van der Waals surface area contributed by atoms with Gasteiger partial charge in [-0.25, -0.2) is 0 Å². The number of nitrogens with one attached hydrogen (secondary N) is 1. The molecule has 0 amide bonds. The zero-order valence-electron chi connectivity index (χ0n) is 10.4. The van der Waals surface area contributed by atoms with Crippen LogP contribution in [0.1, 0.15) is 11.3 Å². The van der Waals surface area contributed by atoms with Gasteiger partial charge in [-0.2, -0.15) is 23.4 Å². The Balaban J connectivity index is 1.80. The van der Waals surface area contributed by atoms with Gasteiger partial charge in [-0.05, 0) is 6.07 Å². The third-order valence-electron chi connectivity index (χ3n) is 2.43. The molecule has 0 bridgehead atoms. The van der Waals surface area contributed by atoms with E-state index in [1.54, 1.807) is 4.68 Å². The zero-order chi connectivity index (χ0) is 13.9. The van der Waals surface area contributed by atoms with E-state index in [-0.39, 0.29) is 0 Å². The molecule has 2 heterocycles. The monoisotopic (exact) mass is 273 g/mol. The molecule has 2 aromatic rings. The lowest BCUT2D eigenvalue weighted by Crippen LogP contribution is -2.18. The van der Waals surface area contributed by atoms with Crippen LogP contribution in [0.3, 0.4) is 0 Å². The highest BCUT2D eigenvalue weighted by Gasteiger charge is 2.28. The number of rotatable bonds is 5. The van der Waals surface area contributed by atoms with Crippen LogP contribution in [-0.2, 0) is 26.7 Å². The van der Waals surface area contributed by atoms with Crippen LogP contribution in [-0.4, -0.2) is 25.7 Å². The first-order valence-corrected chi connectivity index (χ1v) is 5.70. The van der Waals surface area contributed by atoms with Crippen LogP contribution >= 0.6 is 0 Å². The zero-order valence-corrected chi connectivity index (χ0v) is 10.4. The smallest absolute Gasteiger partial charge is 0.307 e. The summed E-state index contributed by atoms with van der Waals surface area (Å²) in [5, 5.41) is 10.9. The summed E-state index contributed by atoms with van der Waals surface area (Å²) in [6.45, 7) is -0.0486. The number of hydrogen-bond acceptors (Lipinski definition) is 3. The first kappa shape index (κ1) is 13.6. The standard InChI is InChI=1S/C11H14F3N5/c1-18-3-2-10(17-18)6-15-4-9-5-16-19(7-9)8-11(12,13)14/h2-3,5,7,15H,4,6,8H2,1H3. The van der Waals surface area contributed by atoms with Gasteiger partial charge >= 0.3 is 6.18 Å². The molecule has 0 aliphatic rings. The van der Waals surface area contributed by atoms with E-state index in [4.69, 9.17) is 0 Å². The van der Waals surface area contributed by atoms with E-state index >= 15 is 0 Å². The average molecular weight is 273 g/mol. The highest BCUT2D eigenvalue weighted by Crippen LogP contribution is 2.17. The molecule has 5 nitrogen and oxygen atoms in total. The van der Waals surface area contributed by atoms with Gasteiger partial charge < -0.3 is 5.32 Å². The maximum atomic E-state index is 12.1. The first-order valence-electron chi connectivity index (χ1n) is 5.70. The number of hydrogen-bond donors (Lipinski definition) is 1. The van der Waals surface area contributed by atoms with Crippen molar-refractivity contribution in [1.29, 1.82) is 0 Å². The molecule has 1 N–H and O–H groups in total. The molecule has 0 atom stereocenters. The summed E-state index contributed by atoms with van der Waals surface area (Å²) in [6, 6.07) is 1.88. The second-order valence-corrected chi connectivity index (χ2v) is 4.25. The molecular weight excluding hydrogens is 259 g/mol. The number of nitrogens with zero attached hydrogens (tertiary/aromatic N) is 4. The van der Waals surface area contributed by atoms with Crippen LogP contribution in [0.4, 0.5) is 13.2 Å². The summed E-state index contributed by atoms with van der Waals surface area (Å²) in [5.74, 6) is 0. The molecule has 0 aliphatic heterocycles. The minimum atomic E-state index is -4.25. The molecule has 0 aromatic carbocycles. The van der Waals surface area contributed by atoms with Gasteiger partial charge in [-0.3, -0.25) is 9.36 Å². The Morgan fingerprint density at radius 2 is 2.11 bits per heavy atom. The van der Waals surface area contributed by atoms with Gasteiger partial charge in [-0.15, -0.1) is 0 Å². The van der Waals surface area contributed by atoms with E-state index in [0.29, 0.717) is 18.7 Å². The molecule has 0 radical (unpaired) electrons. The fraction of sp³-hybridized carbons (Fsp3) is 0.455. The molecule has 0 saturated carbocycles. The van der Waals surface area contributed by atoms with Crippen LogP contribution in [0.15, 0.2) is 24.7 Å². The second kappa shape index (κ2) is 5.43. The van der Waals surface area contributed by atoms with E-state index in [1.165, 1.54) is 12.4 Å². The summed E-state index contributed by atoms with van der Waals surface area (Å²) in [5.41, 5.74) is 1.59. The highest BCUT2D eigenvalue weighted by atomic mass is 19.4. The lowest BCUT2D eigenvalue weighted by atomic mass is 10.3. The van der Waals surface area contributed by atoms with Crippen molar-refractivity contribution in [1.82, 2.24) is 24.9 Å². The van der Waals surface area contributed by atoms with Crippen molar-refractivity contribution in [3.05, 3.63) is 35.9 Å². The SMILES string of the molecule is Cn1ccc(CNCc2cnn(CC(F)(F)F)c2)n1. The fourth-order valence-corrected chi connectivity index (χ4v) is 1.66. The molecule has 0 spiro atoms. The van der Waals surface area contributed by atoms with Gasteiger partial charge in [0.05, 0.1) is 11.9 Å². The molecule has 2 aromatic heterocycles. The second-order valence-electron chi connectivity index (χ2n) is 4.25. The Kier molecular flexibility index (Phi) is 3.89. The third-order valence-corrected chi connectivity index (χ3v) is 2.43. The van der Waals surface area contributed by atoms with E-state index in [2.05, 4.69) is 15.5 Å². The summed E-state index contributed by atoms with van der Waals surface area (Å²) in [4.78, 5) is 0. The van der Waals surface area contributed by atoms with Gasteiger partial charge in [0.2, 0.25) is 0 Å². The summed E-state index contributed by atoms with van der Waals surface area (Å²) < 4.78 is 39.0. The molecule has 0 fully saturated rings. The molecule has 2 rings (SSSR count). The van der Waals surface area contributed by atoms with Gasteiger partial charge in [0.15, 0.2) is 0 Å². The van der Waals surface area contributed by atoms with Crippen LogP contribution in [0, 0.1) is 0 Å². The van der Waals surface area contributed by atoms with E-state index in [0.717, 1.165) is 10.4 Å². The molecule has 104 valence electrons. The van der Waals surface area contributed by atoms with Crippen molar-refractivity contribution < 1.29 is 13.2 Å². The van der Waals surface area contributed by atoms with E-state index in [9.17, 15) is 13.2 Å². The van der Waals surface area contributed by atoms with Crippen molar-refractivity contribution in [3.63, 3.8) is 0 Å². The van der Waals surface area contributed by atoms with E-state index in [1.807, 2.05) is 19.3 Å². The van der Waals surface area contributed by atoms with Crippen LogP contribution in [0.2, 0.25) is 0 Å². The van der Waals surface area contributed by atoms with Gasteiger partial charge in [-0.1, -0.05) is 0 Å². The van der Waals surface area contributed by atoms with Crippen molar-refractivity contribution >= 4 is 0 Å². The fourth-order valence-electron chi connectivity index (χ4n) is 1.66. The molecule has 0 saturated heterocycles. The van der Waals surface area contributed by atoms with Crippen molar-refractivity contribution in [3.8, 4) is 0 Å². The summed E-state index contributed by atoms with van der Waals surface area (Å²) in [7, 11) is 1.82. The average Bonchev–Trinajstić information content (AvgIpc) is 2.86.